The van der Waals surface area contributed by atoms with Gasteiger partial charge in [0.1, 0.15) is 18.1 Å². The van der Waals surface area contributed by atoms with Crippen LogP contribution in [0.1, 0.15) is 0 Å². The number of aromatic amines is 1. The summed E-state index contributed by atoms with van der Waals surface area (Å²) in [6, 6.07) is 8.79. The summed E-state index contributed by atoms with van der Waals surface area (Å²) in [4.78, 5) is 15.3. The summed E-state index contributed by atoms with van der Waals surface area (Å²) in [7, 11) is -3.97. The summed E-state index contributed by atoms with van der Waals surface area (Å²) in [5.41, 5.74) is -0.120. The molecule has 0 saturated carbocycles. The monoisotopic (exact) mass is 377 g/mol. The molecule has 128 valence electrons. The number of sulfone groups is 1. The average Bonchev–Trinajstić information content (AvgIpc) is 2.61. The molecule has 0 amide bonds. The molecule has 0 aliphatic carbocycles. The number of halogens is 1. The molecule has 0 bridgehead atoms. The summed E-state index contributed by atoms with van der Waals surface area (Å²) >= 11 is 5.80. The third-order valence-electron chi connectivity index (χ3n) is 3.92. The van der Waals surface area contributed by atoms with Crippen LogP contribution in [0.4, 0.5) is 0 Å². The zero-order valence-corrected chi connectivity index (χ0v) is 14.4. The highest BCUT2D eigenvalue weighted by atomic mass is 35.5. The molecule has 6 nitrogen and oxygen atoms in total. The Balaban J connectivity index is 1.92. The molecule has 3 aromatic rings. The highest BCUT2D eigenvalue weighted by Gasteiger charge is 2.23. The molecule has 0 unspecified atom stereocenters. The summed E-state index contributed by atoms with van der Waals surface area (Å²) in [6.45, 7) is 0.797. The van der Waals surface area contributed by atoms with E-state index < -0.39 is 15.3 Å². The van der Waals surface area contributed by atoms with Crippen molar-refractivity contribution in [2.24, 2.45) is 0 Å². The van der Waals surface area contributed by atoms with Gasteiger partial charge in [0.15, 0.2) is 11.5 Å². The molecule has 0 spiro atoms. The van der Waals surface area contributed by atoms with Crippen molar-refractivity contribution in [2.75, 3.05) is 13.2 Å². The van der Waals surface area contributed by atoms with E-state index >= 15 is 0 Å². The normalized spacial score (nSPS) is 13.8. The van der Waals surface area contributed by atoms with E-state index in [4.69, 9.17) is 21.1 Å². The van der Waals surface area contributed by atoms with Crippen molar-refractivity contribution in [2.45, 2.75) is 9.79 Å². The van der Waals surface area contributed by atoms with E-state index in [9.17, 15) is 13.2 Å². The molecule has 4 rings (SSSR count). The number of hydrogen-bond acceptors (Lipinski definition) is 5. The first kappa shape index (κ1) is 16.0. The van der Waals surface area contributed by atoms with Crippen LogP contribution in [0.5, 0.6) is 11.5 Å². The average molecular weight is 378 g/mol. The number of H-pyrrole nitrogens is 1. The maximum Gasteiger partial charge on any atom is 0.211 e. The Morgan fingerprint density at radius 3 is 2.32 bits per heavy atom. The van der Waals surface area contributed by atoms with Crippen molar-refractivity contribution < 1.29 is 17.9 Å². The summed E-state index contributed by atoms with van der Waals surface area (Å²) in [5.74, 6) is 0.938. The van der Waals surface area contributed by atoms with Crippen molar-refractivity contribution in [3.05, 3.63) is 57.8 Å². The lowest BCUT2D eigenvalue weighted by molar-refractivity contribution is 0.172. The largest absolute Gasteiger partial charge is 0.486 e. The zero-order valence-electron chi connectivity index (χ0n) is 12.8. The van der Waals surface area contributed by atoms with E-state index in [0.29, 0.717) is 35.3 Å². The van der Waals surface area contributed by atoms with Crippen LogP contribution in [0.15, 0.2) is 57.2 Å². The number of pyridine rings is 1. The van der Waals surface area contributed by atoms with E-state index in [1.54, 1.807) is 6.07 Å². The lowest BCUT2D eigenvalue weighted by Gasteiger charge is -2.18. The molecule has 1 aliphatic rings. The van der Waals surface area contributed by atoms with Crippen molar-refractivity contribution in [1.29, 1.82) is 0 Å². The van der Waals surface area contributed by atoms with Crippen LogP contribution in [0, 0.1) is 0 Å². The Hall–Kier alpha value is -2.51. The fourth-order valence-corrected chi connectivity index (χ4v) is 4.12. The highest BCUT2D eigenvalue weighted by Crippen LogP contribution is 2.33. The van der Waals surface area contributed by atoms with E-state index in [2.05, 4.69) is 4.98 Å². The quantitative estimate of drug-likeness (QED) is 0.742. The number of hydrogen-bond donors (Lipinski definition) is 1. The van der Waals surface area contributed by atoms with Gasteiger partial charge in [-0.05, 0) is 30.3 Å². The molecule has 2 heterocycles. The Kier molecular flexibility index (Phi) is 3.70. The summed E-state index contributed by atoms with van der Waals surface area (Å²) < 4.78 is 36.5. The first-order chi connectivity index (χ1) is 12.0. The Bertz CT molecular complexity index is 1140. The molecule has 0 saturated heterocycles. The third kappa shape index (κ3) is 2.65. The lowest BCUT2D eigenvalue weighted by atomic mass is 10.2. The second-order valence-electron chi connectivity index (χ2n) is 5.48. The molecule has 25 heavy (non-hydrogen) atoms. The lowest BCUT2D eigenvalue weighted by Crippen LogP contribution is -2.18. The molecule has 2 aromatic carbocycles. The van der Waals surface area contributed by atoms with Gasteiger partial charge in [0.2, 0.25) is 15.3 Å². The fourth-order valence-electron chi connectivity index (χ4n) is 2.68. The summed E-state index contributed by atoms with van der Waals surface area (Å²) in [5, 5.41) is 0.634. The van der Waals surface area contributed by atoms with Crippen LogP contribution < -0.4 is 14.9 Å². The predicted molar refractivity (Wildman–Crippen MR) is 92.5 cm³/mol. The van der Waals surface area contributed by atoms with Gasteiger partial charge < -0.3 is 14.5 Å². The molecule has 1 aliphatic heterocycles. The smallest absolute Gasteiger partial charge is 0.211 e. The molecular weight excluding hydrogens is 366 g/mol. The molecule has 8 heteroatoms. The van der Waals surface area contributed by atoms with Gasteiger partial charge in [0, 0.05) is 17.3 Å². The number of fused-ring (bicyclic) bond motifs is 2. The van der Waals surface area contributed by atoms with Gasteiger partial charge in [-0.15, -0.1) is 0 Å². The van der Waals surface area contributed by atoms with E-state index in [-0.39, 0.29) is 15.2 Å². The van der Waals surface area contributed by atoms with Gasteiger partial charge >= 0.3 is 0 Å². The highest BCUT2D eigenvalue weighted by molar-refractivity contribution is 7.91. The van der Waals surface area contributed by atoms with Crippen LogP contribution >= 0.6 is 11.6 Å². The summed E-state index contributed by atoms with van der Waals surface area (Å²) in [6.07, 6.45) is 1.20. The Labute approximate surface area is 147 Å². The van der Waals surface area contributed by atoms with Gasteiger partial charge in [-0.2, -0.15) is 0 Å². The van der Waals surface area contributed by atoms with Crippen LogP contribution in [0.2, 0.25) is 5.02 Å². The van der Waals surface area contributed by atoms with E-state index in [1.807, 2.05) is 0 Å². The number of ether oxygens (including phenoxy) is 2. The Morgan fingerprint density at radius 2 is 1.64 bits per heavy atom. The number of aromatic nitrogens is 1. The molecule has 0 atom stereocenters. The minimum absolute atomic E-state index is 0.000654. The second kappa shape index (κ2) is 5.79. The first-order valence-corrected chi connectivity index (χ1v) is 9.28. The van der Waals surface area contributed by atoms with Gasteiger partial charge in [0.05, 0.1) is 15.8 Å². The maximum absolute atomic E-state index is 12.8. The van der Waals surface area contributed by atoms with Gasteiger partial charge in [-0.1, -0.05) is 11.6 Å². The van der Waals surface area contributed by atoms with Crippen LogP contribution in [-0.4, -0.2) is 26.6 Å². The predicted octanol–water partition coefficient (Wildman–Crippen LogP) is 2.79. The Morgan fingerprint density at radius 1 is 1.00 bits per heavy atom. The molecule has 0 fully saturated rings. The van der Waals surface area contributed by atoms with Crippen molar-refractivity contribution in [3.8, 4) is 11.5 Å². The molecule has 1 aromatic heterocycles. The SMILES string of the molecule is O=c1c(S(=O)(=O)c2ccc(Cl)cc2)c[nH]c2cc3c(cc12)OCCO3. The minimum Gasteiger partial charge on any atom is -0.486 e. The van der Waals surface area contributed by atoms with Crippen molar-refractivity contribution in [1.82, 2.24) is 4.98 Å². The third-order valence-corrected chi connectivity index (χ3v) is 5.95. The van der Waals surface area contributed by atoms with E-state index in [1.165, 1.54) is 36.5 Å². The van der Waals surface area contributed by atoms with Crippen molar-refractivity contribution >= 4 is 32.3 Å². The standard InChI is InChI=1S/C17H12ClNO5S/c18-10-1-3-11(4-2-10)25(21,22)16-9-19-13-8-15-14(23-5-6-24-15)7-12(13)17(16)20/h1-4,7-9H,5-6H2,(H,19,20). The second-order valence-corrected chi connectivity index (χ2v) is 7.84. The first-order valence-electron chi connectivity index (χ1n) is 7.42. The van der Waals surface area contributed by atoms with Crippen LogP contribution in [0.25, 0.3) is 10.9 Å². The fraction of sp³-hybridized carbons (Fsp3) is 0.118. The maximum atomic E-state index is 12.8. The topological polar surface area (TPSA) is 85.5 Å². The van der Waals surface area contributed by atoms with Gasteiger partial charge in [0.25, 0.3) is 0 Å². The van der Waals surface area contributed by atoms with Crippen molar-refractivity contribution in [3.63, 3.8) is 0 Å². The molecule has 1 N–H and O–H groups in total. The zero-order chi connectivity index (χ0) is 17.6. The van der Waals surface area contributed by atoms with E-state index in [0.717, 1.165) is 0 Å². The van der Waals surface area contributed by atoms with Crippen LogP contribution in [0.3, 0.4) is 0 Å². The van der Waals surface area contributed by atoms with Crippen LogP contribution in [-0.2, 0) is 9.84 Å². The van der Waals surface area contributed by atoms with Gasteiger partial charge in [-0.3, -0.25) is 4.79 Å². The van der Waals surface area contributed by atoms with Gasteiger partial charge in [-0.25, -0.2) is 8.42 Å². The number of rotatable bonds is 2. The molecule has 0 radical (unpaired) electrons. The minimum atomic E-state index is -3.97. The molecular formula is C17H12ClNO5S. The number of benzene rings is 2. The number of nitrogens with one attached hydrogen (secondary N) is 1.